The van der Waals surface area contributed by atoms with Gasteiger partial charge in [0.2, 0.25) is 11.8 Å². The zero-order valence-corrected chi connectivity index (χ0v) is 19.3. The van der Waals surface area contributed by atoms with Crippen LogP contribution in [-0.4, -0.2) is 34.7 Å². The third kappa shape index (κ3) is 5.26. The van der Waals surface area contributed by atoms with Gasteiger partial charge in [-0.3, -0.25) is 29.9 Å². The Hall–Kier alpha value is -4.50. The number of anilines is 1. The van der Waals surface area contributed by atoms with Crippen LogP contribution >= 0.6 is 0 Å². The van der Waals surface area contributed by atoms with E-state index in [0.717, 1.165) is 11.1 Å². The largest absolute Gasteiger partial charge is 0.457 e. The number of nitrogens with one attached hydrogen (secondary N) is 3. The average molecular weight is 485 g/mol. The van der Waals surface area contributed by atoms with Crippen LogP contribution in [0.15, 0.2) is 72.8 Å². The van der Waals surface area contributed by atoms with Crippen molar-refractivity contribution >= 4 is 29.4 Å². The molecule has 0 saturated carbocycles. The number of piperidine rings is 1. The van der Waals surface area contributed by atoms with Crippen molar-refractivity contribution in [1.29, 1.82) is 0 Å². The molecule has 9 heteroatoms. The Morgan fingerprint density at radius 3 is 2.47 bits per heavy atom. The minimum absolute atomic E-state index is 0.249. The molecule has 1 fully saturated rings. The SMILES string of the molecule is O=C1CCC(N2Cc3ccc(C(=O)NC(=O)Nc4cccc(Oc5ccccc5)c4)cc3C2)C(=O)N1. The summed E-state index contributed by atoms with van der Waals surface area (Å²) in [4.78, 5) is 50.8. The molecule has 1 unspecified atom stereocenters. The monoisotopic (exact) mass is 484 g/mol. The first-order chi connectivity index (χ1) is 17.4. The molecule has 0 radical (unpaired) electrons. The van der Waals surface area contributed by atoms with Crippen molar-refractivity contribution < 1.29 is 23.9 Å². The molecule has 9 nitrogen and oxygen atoms in total. The Balaban J connectivity index is 1.19. The second-order valence-corrected chi connectivity index (χ2v) is 8.71. The van der Waals surface area contributed by atoms with Gasteiger partial charge in [0.15, 0.2) is 0 Å². The zero-order valence-electron chi connectivity index (χ0n) is 19.3. The number of nitrogens with zero attached hydrogens (tertiary/aromatic N) is 1. The Kier molecular flexibility index (Phi) is 6.46. The number of ether oxygens (including phenoxy) is 1. The van der Waals surface area contributed by atoms with Crippen molar-refractivity contribution in [3.05, 3.63) is 89.5 Å². The van der Waals surface area contributed by atoms with Gasteiger partial charge in [-0.05, 0) is 53.9 Å². The molecule has 3 aromatic rings. The number of carbonyl (C=O) groups excluding carboxylic acids is 4. The molecule has 0 bridgehead atoms. The van der Waals surface area contributed by atoms with Crippen LogP contribution in [0.1, 0.15) is 34.3 Å². The van der Waals surface area contributed by atoms with E-state index in [4.69, 9.17) is 4.74 Å². The number of rotatable bonds is 5. The van der Waals surface area contributed by atoms with Crippen LogP contribution in [0.25, 0.3) is 0 Å². The summed E-state index contributed by atoms with van der Waals surface area (Å²) in [7, 11) is 0. The highest BCUT2D eigenvalue weighted by atomic mass is 16.5. The smallest absolute Gasteiger partial charge is 0.326 e. The molecule has 3 aromatic carbocycles. The van der Waals surface area contributed by atoms with Gasteiger partial charge in [0.05, 0.1) is 6.04 Å². The van der Waals surface area contributed by atoms with Gasteiger partial charge in [-0.1, -0.05) is 30.3 Å². The summed E-state index contributed by atoms with van der Waals surface area (Å²) in [5.74, 6) is 0.144. The highest BCUT2D eigenvalue weighted by Crippen LogP contribution is 2.28. The first-order valence-corrected chi connectivity index (χ1v) is 11.6. The lowest BCUT2D eigenvalue weighted by Crippen LogP contribution is -2.50. The van der Waals surface area contributed by atoms with Crippen LogP contribution in [0.4, 0.5) is 10.5 Å². The van der Waals surface area contributed by atoms with E-state index >= 15 is 0 Å². The second-order valence-electron chi connectivity index (χ2n) is 8.71. The van der Waals surface area contributed by atoms with Crippen LogP contribution in [-0.2, 0) is 22.7 Å². The molecule has 2 heterocycles. The van der Waals surface area contributed by atoms with E-state index in [-0.39, 0.29) is 17.9 Å². The van der Waals surface area contributed by atoms with Gasteiger partial charge < -0.3 is 10.1 Å². The molecule has 5 amide bonds. The molecule has 5 rings (SSSR count). The van der Waals surface area contributed by atoms with Gasteiger partial charge in [-0.2, -0.15) is 0 Å². The molecule has 1 saturated heterocycles. The number of benzene rings is 3. The fourth-order valence-corrected chi connectivity index (χ4v) is 4.41. The predicted octanol–water partition coefficient (Wildman–Crippen LogP) is 3.56. The van der Waals surface area contributed by atoms with Crippen molar-refractivity contribution in [2.45, 2.75) is 32.0 Å². The van der Waals surface area contributed by atoms with Crippen molar-refractivity contribution in [2.75, 3.05) is 5.32 Å². The summed E-state index contributed by atoms with van der Waals surface area (Å²) >= 11 is 0. The van der Waals surface area contributed by atoms with E-state index < -0.39 is 11.9 Å². The normalized spacial score (nSPS) is 17.2. The van der Waals surface area contributed by atoms with Crippen molar-refractivity contribution in [1.82, 2.24) is 15.5 Å². The van der Waals surface area contributed by atoms with E-state index in [1.165, 1.54) is 0 Å². The molecule has 182 valence electrons. The number of carbonyl (C=O) groups is 4. The van der Waals surface area contributed by atoms with Gasteiger partial charge in [-0.15, -0.1) is 0 Å². The molecule has 1 atom stereocenters. The number of hydrogen-bond acceptors (Lipinski definition) is 6. The van der Waals surface area contributed by atoms with E-state index in [0.29, 0.717) is 48.7 Å². The van der Waals surface area contributed by atoms with Gasteiger partial charge in [0, 0.05) is 36.8 Å². The van der Waals surface area contributed by atoms with Gasteiger partial charge in [0.1, 0.15) is 11.5 Å². The first kappa shape index (κ1) is 23.3. The summed E-state index contributed by atoms with van der Waals surface area (Å²) in [5, 5.41) is 7.38. The van der Waals surface area contributed by atoms with E-state index in [1.54, 1.807) is 36.4 Å². The topological polar surface area (TPSA) is 117 Å². The van der Waals surface area contributed by atoms with Crippen molar-refractivity contribution in [3.8, 4) is 11.5 Å². The predicted molar refractivity (Wildman–Crippen MR) is 131 cm³/mol. The highest BCUT2D eigenvalue weighted by Gasteiger charge is 2.34. The molecule has 0 aromatic heterocycles. The number of para-hydroxylation sites is 1. The fraction of sp³-hybridized carbons (Fsp3) is 0.185. The van der Waals surface area contributed by atoms with Gasteiger partial charge in [-0.25, -0.2) is 4.79 Å². The zero-order chi connectivity index (χ0) is 25.1. The Morgan fingerprint density at radius 1 is 0.889 bits per heavy atom. The van der Waals surface area contributed by atoms with Crippen LogP contribution in [0.3, 0.4) is 0 Å². The molecular formula is C27H24N4O5. The number of amides is 5. The van der Waals surface area contributed by atoms with Gasteiger partial charge >= 0.3 is 6.03 Å². The highest BCUT2D eigenvalue weighted by molar-refractivity contribution is 6.08. The summed E-state index contributed by atoms with van der Waals surface area (Å²) in [6.45, 7) is 1.05. The lowest BCUT2D eigenvalue weighted by atomic mass is 10.0. The summed E-state index contributed by atoms with van der Waals surface area (Å²) in [6.07, 6.45) is 0.789. The molecular weight excluding hydrogens is 460 g/mol. The molecule has 36 heavy (non-hydrogen) atoms. The standard InChI is InChI=1S/C27H24N4O5/c32-24-12-11-23(26(34)29-24)31-15-18-10-9-17(13-19(18)16-31)25(33)30-27(35)28-20-5-4-8-22(14-20)36-21-6-2-1-3-7-21/h1-10,13-14,23H,11-12,15-16H2,(H,29,32,34)(H2,28,30,33,35). The summed E-state index contributed by atoms with van der Waals surface area (Å²) in [6, 6.07) is 20.3. The van der Waals surface area contributed by atoms with E-state index in [9.17, 15) is 19.2 Å². The molecule has 0 spiro atoms. The number of imide groups is 2. The second kappa shape index (κ2) is 10.0. The lowest BCUT2D eigenvalue weighted by molar-refractivity contribution is -0.137. The maximum atomic E-state index is 12.7. The number of fused-ring (bicyclic) bond motifs is 1. The molecule has 0 aliphatic carbocycles. The molecule has 2 aliphatic rings. The fourth-order valence-electron chi connectivity index (χ4n) is 4.41. The number of hydrogen-bond donors (Lipinski definition) is 3. The lowest BCUT2D eigenvalue weighted by Gasteiger charge is -2.29. The van der Waals surface area contributed by atoms with E-state index in [1.807, 2.05) is 41.3 Å². The maximum Gasteiger partial charge on any atom is 0.326 e. The molecule has 3 N–H and O–H groups in total. The molecule has 2 aliphatic heterocycles. The minimum Gasteiger partial charge on any atom is -0.457 e. The maximum absolute atomic E-state index is 12.7. The average Bonchev–Trinajstić information content (AvgIpc) is 3.28. The van der Waals surface area contributed by atoms with Crippen molar-refractivity contribution in [3.63, 3.8) is 0 Å². The van der Waals surface area contributed by atoms with Crippen molar-refractivity contribution in [2.24, 2.45) is 0 Å². The quantitative estimate of drug-likeness (QED) is 0.477. The third-order valence-electron chi connectivity index (χ3n) is 6.16. The Bertz CT molecular complexity index is 1340. The van der Waals surface area contributed by atoms with Crippen LogP contribution in [0.5, 0.6) is 11.5 Å². The third-order valence-corrected chi connectivity index (χ3v) is 6.16. The Morgan fingerprint density at radius 2 is 1.67 bits per heavy atom. The first-order valence-electron chi connectivity index (χ1n) is 11.6. The number of urea groups is 1. The van der Waals surface area contributed by atoms with Crippen LogP contribution in [0.2, 0.25) is 0 Å². The minimum atomic E-state index is -0.664. The van der Waals surface area contributed by atoms with Gasteiger partial charge in [0.25, 0.3) is 5.91 Å². The van der Waals surface area contributed by atoms with E-state index in [2.05, 4.69) is 16.0 Å². The summed E-state index contributed by atoms with van der Waals surface area (Å²) in [5.41, 5.74) is 2.74. The van der Waals surface area contributed by atoms with Crippen LogP contribution in [0, 0.1) is 0 Å². The van der Waals surface area contributed by atoms with Crippen LogP contribution < -0.4 is 20.7 Å². The Labute approximate surface area is 207 Å². The summed E-state index contributed by atoms with van der Waals surface area (Å²) < 4.78 is 5.77.